The lowest BCUT2D eigenvalue weighted by Gasteiger charge is -2.27. The maximum absolute atomic E-state index is 14.6. The second kappa shape index (κ2) is 16.8. The number of hydrogen-bond acceptors (Lipinski definition) is 9. The van der Waals surface area contributed by atoms with Crippen molar-refractivity contribution in [2.24, 2.45) is 0 Å². The van der Waals surface area contributed by atoms with E-state index in [2.05, 4.69) is 9.80 Å². The summed E-state index contributed by atoms with van der Waals surface area (Å²) >= 11 is 1.59. The Labute approximate surface area is 322 Å². The minimum Gasteiger partial charge on any atom is -0.496 e. The summed E-state index contributed by atoms with van der Waals surface area (Å²) in [5.41, 5.74) is 3.86. The van der Waals surface area contributed by atoms with Crippen LogP contribution in [0.3, 0.4) is 0 Å². The molecule has 2 aliphatic heterocycles. The van der Waals surface area contributed by atoms with Gasteiger partial charge in [0.05, 0.1) is 7.11 Å². The molecular formula is C45H50N2O6S. The van der Waals surface area contributed by atoms with Crippen LogP contribution in [0.4, 0.5) is 0 Å². The van der Waals surface area contributed by atoms with Gasteiger partial charge in [-0.25, -0.2) is 0 Å². The molecule has 0 saturated carbocycles. The smallest absolute Gasteiger partial charge is 0.323 e. The topological polar surface area (TPSA) is 77.5 Å². The van der Waals surface area contributed by atoms with Crippen LogP contribution >= 0.6 is 11.3 Å². The first-order valence-corrected chi connectivity index (χ1v) is 19.8. The number of rotatable bonds is 14. The van der Waals surface area contributed by atoms with Crippen LogP contribution in [0.1, 0.15) is 73.5 Å². The zero-order chi connectivity index (χ0) is 37.7. The minimum absolute atomic E-state index is 0.0503. The average Bonchev–Trinajstić information content (AvgIpc) is 3.95. The summed E-state index contributed by atoms with van der Waals surface area (Å²) in [6.07, 6.45) is 4.20. The quantitative estimate of drug-likeness (QED) is 0.0823. The van der Waals surface area contributed by atoms with Gasteiger partial charge in [-0.2, -0.15) is 0 Å². The molecule has 0 N–H and O–H groups in total. The van der Waals surface area contributed by atoms with E-state index >= 15 is 0 Å². The highest BCUT2D eigenvalue weighted by Gasteiger charge is 2.34. The van der Waals surface area contributed by atoms with Gasteiger partial charge < -0.3 is 18.9 Å². The minimum atomic E-state index is -0.508. The molecule has 1 atom stereocenters. The molecule has 7 rings (SSSR count). The highest BCUT2D eigenvalue weighted by atomic mass is 32.1. The van der Waals surface area contributed by atoms with Crippen LogP contribution < -0.4 is 14.2 Å². The Bertz CT molecular complexity index is 2060. The first kappa shape index (κ1) is 37.6. The van der Waals surface area contributed by atoms with E-state index in [9.17, 15) is 9.59 Å². The summed E-state index contributed by atoms with van der Waals surface area (Å²) in [5.74, 6) is 2.01. The second-order valence-electron chi connectivity index (χ2n) is 15.2. The molecule has 5 aromatic rings. The van der Waals surface area contributed by atoms with Gasteiger partial charge in [-0.1, -0.05) is 42.5 Å². The Morgan fingerprint density at radius 3 is 2.33 bits per heavy atom. The predicted octanol–water partition coefficient (Wildman–Crippen LogP) is 9.17. The van der Waals surface area contributed by atoms with Gasteiger partial charge in [0.15, 0.2) is 5.78 Å². The monoisotopic (exact) mass is 746 g/mol. The average molecular weight is 747 g/mol. The normalized spacial score (nSPS) is 16.5. The largest absolute Gasteiger partial charge is 0.496 e. The van der Waals surface area contributed by atoms with E-state index in [0.717, 1.165) is 87.9 Å². The SMILES string of the molecule is COc1cc(C(=O)c2c(-c3ccc(OCCN4CCCC4C(=O)OC(C)(C)C)cc3)sc3cc(OCc4ccccc4)ccc23)ccc1CN1CCCC1. The highest BCUT2D eigenvalue weighted by Crippen LogP contribution is 2.42. The van der Waals surface area contributed by atoms with Crippen molar-refractivity contribution in [1.82, 2.24) is 9.80 Å². The van der Waals surface area contributed by atoms with Crippen LogP contribution in [0.2, 0.25) is 0 Å². The van der Waals surface area contributed by atoms with Gasteiger partial charge in [-0.05, 0) is 126 Å². The highest BCUT2D eigenvalue weighted by molar-refractivity contribution is 7.22. The maximum atomic E-state index is 14.6. The first-order chi connectivity index (χ1) is 26.1. The molecule has 8 nitrogen and oxygen atoms in total. The summed E-state index contributed by atoms with van der Waals surface area (Å²) in [4.78, 5) is 32.8. The number of carbonyl (C=O) groups excluding carboxylic acids is 2. The Balaban J connectivity index is 1.12. The van der Waals surface area contributed by atoms with Gasteiger partial charge >= 0.3 is 5.97 Å². The van der Waals surface area contributed by atoms with Crippen LogP contribution in [0.5, 0.6) is 17.2 Å². The molecule has 2 saturated heterocycles. The molecule has 0 aliphatic carbocycles. The van der Waals surface area contributed by atoms with Gasteiger partial charge in [0.2, 0.25) is 0 Å². The van der Waals surface area contributed by atoms with E-state index in [-0.39, 0.29) is 17.8 Å². The zero-order valence-electron chi connectivity index (χ0n) is 31.8. The van der Waals surface area contributed by atoms with Crippen LogP contribution in [-0.4, -0.2) is 73.1 Å². The van der Waals surface area contributed by atoms with E-state index in [1.165, 1.54) is 12.8 Å². The van der Waals surface area contributed by atoms with Gasteiger partial charge in [0.1, 0.15) is 42.1 Å². The summed E-state index contributed by atoms with van der Waals surface area (Å²) in [6.45, 7) is 11.1. The fourth-order valence-electron chi connectivity index (χ4n) is 7.39. The van der Waals surface area contributed by atoms with Crippen molar-refractivity contribution >= 4 is 33.2 Å². The zero-order valence-corrected chi connectivity index (χ0v) is 32.6. The molecule has 0 spiro atoms. The molecule has 4 aromatic carbocycles. The van der Waals surface area contributed by atoms with E-state index in [0.29, 0.717) is 30.9 Å². The molecule has 0 bridgehead atoms. The maximum Gasteiger partial charge on any atom is 0.323 e. The number of fused-ring (bicyclic) bond motifs is 1. The molecule has 0 radical (unpaired) electrons. The molecule has 1 aromatic heterocycles. The summed E-state index contributed by atoms with van der Waals surface area (Å²) < 4.78 is 24.8. The van der Waals surface area contributed by atoms with Crippen molar-refractivity contribution in [3.8, 4) is 27.7 Å². The summed E-state index contributed by atoms with van der Waals surface area (Å²) in [7, 11) is 1.67. The van der Waals surface area contributed by atoms with E-state index in [1.54, 1.807) is 18.4 Å². The molecule has 0 amide bonds. The van der Waals surface area contributed by atoms with E-state index in [4.69, 9.17) is 18.9 Å². The molecule has 3 heterocycles. The number of nitrogens with zero attached hydrogens (tertiary/aromatic N) is 2. The number of benzene rings is 4. The fourth-order valence-corrected chi connectivity index (χ4v) is 8.63. The summed E-state index contributed by atoms with van der Waals surface area (Å²) in [5, 5.41) is 0.887. The lowest BCUT2D eigenvalue weighted by Crippen LogP contribution is -2.42. The molecule has 1 unspecified atom stereocenters. The van der Waals surface area contributed by atoms with Crippen molar-refractivity contribution in [1.29, 1.82) is 0 Å². The number of methoxy groups -OCH3 is 1. The number of ether oxygens (including phenoxy) is 4. The Kier molecular flexibility index (Phi) is 11.7. The van der Waals surface area contributed by atoms with Crippen LogP contribution in [0.15, 0.2) is 91.0 Å². The second-order valence-corrected chi connectivity index (χ2v) is 16.2. The Morgan fingerprint density at radius 1 is 0.833 bits per heavy atom. The number of thiophene rings is 1. The molecule has 54 heavy (non-hydrogen) atoms. The third kappa shape index (κ3) is 8.97. The van der Waals surface area contributed by atoms with E-state index < -0.39 is 5.60 Å². The van der Waals surface area contributed by atoms with Crippen LogP contribution in [0.25, 0.3) is 20.5 Å². The van der Waals surface area contributed by atoms with Crippen LogP contribution in [-0.2, 0) is 22.7 Å². The number of likely N-dealkylation sites (tertiary alicyclic amines) is 2. The molecule has 2 fully saturated rings. The number of ketones is 1. The van der Waals surface area contributed by atoms with Gasteiger partial charge in [0.25, 0.3) is 0 Å². The standard InChI is InChI=1S/C45H50N2O6S/c1-45(2,3)53-44(49)38-13-10-24-47(38)25-26-51-35-18-16-32(17-19-35)43-41(37-21-20-36(28-40(37)54-43)52-30-31-11-6-5-7-12-31)42(48)33-14-15-34(39(27-33)50-4)29-46-22-8-9-23-46/h5-7,11-12,14-21,27-28,38H,8-10,13,22-26,29-30H2,1-4H3. The van der Waals surface area contributed by atoms with Gasteiger partial charge in [-0.15, -0.1) is 11.3 Å². The van der Waals surface area contributed by atoms with E-state index in [1.807, 2.05) is 112 Å². The predicted molar refractivity (Wildman–Crippen MR) is 215 cm³/mol. The molecule has 282 valence electrons. The Hall–Kier alpha value is -4.70. The number of carbonyl (C=O) groups is 2. The van der Waals surface area contributed by atoms with Gasteiger partial charge in [0, 0.05) is 44.7 Å². The Morgan fingerprint density at radius 2 is 1.59 bits per heavy atom. The molecular weight excluding hydrogens is 697 g/mol. The third-order valence-electron chi connectivity index (χ3n) is 10.1. The van der Waals surface area contributed by atoms with Crippen molar-refractivity contribution in [2.45, 2.75) is 71.2 Å². The number of esters is 1. The third-order valence-corrected chi connectivity index (χ3v) is 11.3. The lowest BCUT2D eigenvalue weighted by molar-refractivity contribution is -0.160. The number of hydrogen-bond donors (Lipinski definition) is 0. The van der Waals surface area contributed by atoms with Crippen molar-refractivity contribution in [3.63, 3.8) is 0 Å². The van der Waals surface area contributed by atoms with Crippen molar-refractivity contribution < 1.29 is 28.5 Å². The summed E-state index contributed by atoms with van der Waals surface area (Å²) in [6, 6.07) is 29.6. The van der Waals surface area contributed by atoms with Crippen molar-refractivity contribution in [2.75, 3.05) is 39.9 Å². The fraction of sp³-hybridized carbons (Fsp3) is 0.378. The molecule has 2 aliphatic rings. The lowest BCUT2D eigenvalue weighted by atomic mass is 9.96. The van der Waals surface area contributed by atoms with Gasteiger partial charge in [-0.3, -0.25) is 19.4 Å². The van der Waals surface area contributed by atoms with Crippen molar-refractivity contribution in [3.05, 3.63) is 113 Å². The first-order valence-electron chi connectivity index (χ1n) is 19.0. The molecule has 9 heteroatoms. The van der Waals surface area contributed by atoms with Crippen LogP contribution in [0, 0.1) is 0 Å².